The van der Waals surface area contributed by atoms with Crippen LogP contribution in [0.5, 0.6) is 11.5 Å². The van der Waals surface area contributed by atoms with E-state index >= 15 is 0 Å². The molecule has 3 heteroatoms. The Bertz CT molecular complexity index is 520. The van der Waals surface area contributed by atoms with Gasteiger partial charge in [-0.05, 0) is 36.8 Å². The Morgan fingerprint density at radius 2 is 2.00 bits per heavy atom. The van der Waals surface area contributed by atoms with Crippen molar-refractivity contribution < 1.29 is 4.74 Å². The molecule has 18 heavy (non-hydrogen) atoms. The first-order valence-electron chi connectivity index (χ1n) is 5.69. The molecule has 0 spiro atoms. The molecule has 0 fully saturated rings. The minimum Gasteiger partial charge on any atom is -0.456 e. The average molecular weight is 260 g/mol. The van der Waals surface area contributed by atoms with E-state index in [1.54, 1.807) is 12.4 Å². The molecule has 0 aliphatic heterocycles. The summed E-state index contributed by atoms with van der Waals surface area (Å²) in [5, 5.41) is 0. The minimum absolute atomic E-state index is 0.550. The number of aromatic nitrogens is 1. The number of benzene rings is 1. The molecular weight excluding hydrogens is 246 g/mol. The third-order valence-corrected chi connectivity index (χ3v) is 2.80. The highest BCUT2D eigenvalue weighted by Gasteiger charge is 1.97. The summed E-state index contributed by atoms with van der Waals surface area (Å²) in [5.41, 5.74) is 2.25. The molecule has 1 heterocycles. The second-order valence-corrected chi connectivity index (χ2v) is 4.25. The molecule has 0 unspecified atom stereocenters. The summed E-state index contributed by atoms with van der Waals surface area (Å²) in [6, 6.07) is 11.6. The summed E-state index contributed by atoms with van der Waals surface area (Å²) in [7, 11) is 0. The Kier molecular flexibility index (Phi) is 4.37. The van der Waals surface area contributed by atoms with Crippen LogP contribution in [0.3, 0.4) is 0 Å². The number of hydrogen-bond donors (Lipinski definition) is 0. The number of nitrogens with zero attached hydrogens (tertiary/aromatic N) is 1. The zero-order chi connectivity index (χ0) is 12.8. The predicted molar refractivity (Wildman–Crippen MR) is 75.1 cm³/mol. The maximum absolute atomic E-state index is 5.74. The molecule has 1 aromatic carbocycles. The van der Waals surface area contributed by atoms with Gasteiger partial charge in [-0.1, -0.05) is 23.8 Å². The molecule has 2 rings (SSSR count). The Morgan fingerprint density at radius 1 is 1.22 bits per heavy atom. The Morgan fingerprint density at radius 3 is 2.61 bits per heavy atom. The SMILES string of the molecule is C/C(=C\c1ccc(Oc2cccnc2)cc1)CCl. The van der Waals surface area contributed by atoms with E-state index in [0.717, 1.165) is 22.6 Å². The Hall–Kier alpha value is -1.80. The van der Waals surface area contributed by atoms with E-state index in [4.69, 9.17) is 16.3 Å². The molecule has 0 N–H and O–H groups in total. The van der Waals surface area contributed by atoms with Crippen molar-refractivity contribution in [2.75, 3.05) is 5.88 Å². The zero-order valence-electron chi connectivity index (χ0n) is 10.1. The number of rotatable bonds is 4. The van der Waals surface area contributed by atoms with Crippen LogP contribution in [0.2, 0.25) is 0 Å². The number of alkyl halides is 1. The van der Waals surface area contributed by atoms with Crippen LogP contribution in [-0.4, -0.2) is 10.9 Å². The smallest absolute Gasteiger partial charge is 0.145 e. The van der Waals surface area contributed by atoms with Crippen LogP contribution in [0.25, 0.3) is 6.08 Å². The van der Waals surface area contributed by atoms with E-state index in [0.29, 0.717) is 5.88 Å². The summed E-state index contributed by atoms with van der Waals surface area (Å²) in [5.74, 6) is 2.08. The fourth-order valence-corrected chi connectivity index (χ4v) is 1.58. The second kappa shape index (κ2) is 6.22. The lowest BCUT2D eigenvalue weighted by molar-refractivity contribution is 0.480. The van der Waals surface area contributed by atoms with E-state index in [1.807, 2.05) is 43.3 Å². The van der Waals surface area contributed by atoms with Crippen molar-refractivity contribution in [1.82, 2.24) is 4.98 Å². The van der Waals surface area contributed by atoms with Gasteiger partial charge in [-0.3, -0.25) is 4.98 Å². The van der Waals surface area contributed by atoms with Crippen LogP contribution >= 0.6 is 11.6 Å². The summed E-state index contributed by atoms with van der Waals surface area (Å²) < 4.78 is 5.66. The summed E-state index contributed by atoms with van der Waals surface area (Å²) in [6.07, 6.45) is 5.46. The van der Waals surface area contributed by atoms with Gasteiger partial charge in [0.25, 0.3) is 0 Å². The van der Waals surface area contributed by atoms with E-state index < -0.39 is 0 Å². The molecule has 0 saturated carbocycles. The molecule has 0 saturated heterocycles. The fourth-order valence-electron chi connectivity index (χ4n) is 1.50. The van der Waals surface area contributed by atoms with Crippen LogP contribution in [0, 0.1) is 0 Å². The van der Waals surface area contributed by atoms with Gasteiger partial charge >= 0.3 is 0 Å². The van der Waals surface area contributed by atoms with Crippen molar-refractivity contribution in [1.29, 1.82) is 0 Å². The van der Waals surface area contributed by atoms with E-state index in [-0.39, 0.29) is 0 Å². The van der Waals surface area contributed by atoms with Crippen LogP contribution in [0.15, 0.2) is 54.4 Å². The van der Waals surface area contributed by atoms with Gasteiger partial charge in [0.2, 0.25) is 0 Å². The van der Waals surface area contributed by atoms with Gasteiger partial charge in [-0.25, -0.2) is 0 Å². The van der Waals surface area contributed by atoms with Crippen LogP contribution in [0.4, 0.5) is 0 Å². The lowest BCUT2D eigenvalue weighted by atomic mass is 10.1. The zero-order valence-corrected chi connectivity index (χ0v) is 10.9. The van der Waals surface area contributed by atoms with Crippen molar-refractivity contribution in [2.45, 2.75) is 6.92 Å². The number of pyridine rings is 1. The predicted octanol–water partition coefficient (Wildman–Crippen LogP) is 4.52. The van der Waals surface area contributed by atoms with E-state index in [1.165, 1.54) is 0 Å². The normalized spacial score (nSPS) is 11.3. The lowest BCUT2D eigenvalue weighted by Gasteiger charge is -2.05. The molecule has 0 radical (unpaired) electrons. The number of allylic oxidation sites excluding steroid dienone is 1. The first-order chi connectivity index (χ1) is 8.78. The fraction of sp³-hybridized carbons (Fsp3) is 0.133. The van der Waals surface area contributed by atoms with Crippen molar-refractivity contribution in [3.8, 4) is 11.5 Å². The van der Waals surface area contributed by atoms with Gasteiger partial charge in [0.15, 0.2) is 0 Å². The summed E-state index contributed by atoms with van der Waals surface area (Å²) >= 11 is 5.74. The third kappa shape index (κ3) is 3.60. The number of hydrogen-bond acceptors (Lipinski definition) is 2. The molecule has 0 amide bonds. The summed E-state index contributed by atoms with van der Waals surface area (Å²) in [6.45, 7) is 2.01. The van der Waals surface area contributed by atoms with Gasteiger partial charge in [0.05, 0.1) is 6.20 Å². The minimum atomic E-state index is 0.550. The molecule has 0 bridgehead atoms. The van der Waals surface area contributed by atoms with Gasteiger partial charge in [-0.15, -0.1) is 11.6 Å². The number of ether oxygens (including phenoxy) is 1. The second-order valence-electron chi connectivity index (χ2n) is 3.98. The topological polar surface area (TPSA) is 22.1 Å². The summed E-state index contributed by atoms with van der Waals surface area (Å²) in [4.78, 5) is 4.00. The van der Waals surface area contributed by atoms with E-state index in [2.05, 4.69) is 11.1 Å². The van der Waals surface area contributed by atoms with Crippen molar-refractivity contribution in [3.63, 3.8) is 0 Å². The van der Waals surface area contributed by atoms with Gasteiger partial charge in [0.1, 0.15) is 11.5 Å². The van der Waals surface area contributed by atoms with Gasteiger partial charge < -0.3 is 4.74 Å². The first kappa shape index (κ1) is 12.7. The first-order valence-corrected chi connectivity index (χ1v) is 6.22. The maximum Gasteiger partial charge on any atom is 0.145 e. The molecule has 2 aromatic rings. The number of halogens is 1. The molecule has 0 aliphatic rings. The van der Waals surface area contributed by atoms with Crippen molar-refractivity contribution in [2.24, 2.45) is 0 Å². The molecule has 0 aliphatic carbocycles. The Balaban J connectivity index is 2.09. The highest BCUT2D eigenvalue weighted by molar-refractivity contribution is 6.19. The van der Waals surface area contributed by atoms with E-state index in [9.17, 15) is 0 Å². The quantitative estimate of drug-likeness (QED) is 0.754. The van der Waals surface area contributed by atoms with Gasteiger partial charge in [-0.2, -0.15) is 0 Å². The standard InChI is InChI=1S/C15H14ClNO/c1-12(10-16)9-13-4-6-14(7-5-13)18-15-3-2-8-17-11-15/h2-9,11H,10H2,1H3/b12-9+. The molecule has 92 valence electrons. The molecule has 2 nitrogen and oxygen atoms in total. The van der Waals surface area contributed by atoms with Crippen LogP contribution < -0.4 is 4.74 Å². The maximum atomic E-state index is 5.74. The highest BCUT2D eigenvalue weighted by Crippen LogP contribution is 2.21. The monoisotopic (exact) mass is 259 g/mol. The average Bonchev–Trinajstić information content (AvgIpc) is 2.42. The third-order valence-electron chi connectivity index (χ3n) is 2.37. The molecule has 1 aromatic heterocycles. The van der Waals surface area contributed by atoms with Gasteiger partial charge in [0, 0.05) is 12.1 Å². The lowest BCUT2D eigenvalue weighted by Crippen LogP contribution is -1.85. The van der Waals surface area contributed by atoms with Crippen molar-refractivity contribution in [3.05, 3.63) is 59.9 Å². The molecule has 0 atom stereocenters. The molecular formula is C15H14ClNO. The Labute approximate surface area is 112 Å². The largest absolute Gasteiger partial charge is 0.456 e. The van der Waals surface area contributed by atoms with Crippen LogP contribution in [0.1, 0.15) is 12.5 Å². The highest BCUT2D eigenvalue weighted by atomic mass is 35.5. The van der Waals surface area contributed by atoms with Crippen LogP contribution in [-0.2, 0) is 0 Å². The van der Waals surface area contributed by atoms with Crippen molar-refractivity contribution >= 4 is 17.7 Å².